The molecule has 0 atom stereocenters. The quantitative estimate of drug-likeness (QED) is 0.895. The standard InChI is InChI=1S/C14H12N2O2/c1-10-6-11(7-15)2-3-12(10)8-16-5-4-13(9-16)14(17)18/h2-6,9H,8H2,1H3,(H,17,18). The number of aryl methyl sites for hydroxylation is 1. The van der Waals surface area contributed by atoms with Crippen LogP contribution in [0.2, 0.25) is 0 Å². The summed E-state index contributed by atoms with van der Waals surface area (Å²) in [5, 5.41) is 17.6. The molecule has 0 bridgehead atoms. The van der Waals surface area contributed by atoms with Crippen LogP contribution in [-0.2, 0) is 6.54 Å². The predicted molar refractivity (Wildman–Crippen MR) is 66.4 cm³/mol. The van der Waals surface area contributed by atoms with Crippen LogP contribution < -0.4 is 0 Å². The minimum Gasteiger partial charge on any atom is -0.478 e. The molecule has 90 valence electrons. The highest BCUT2D eigenvalue weighted by molar-refractivity contribution is 5.87. The van der Waals surface area contributed by atoms with Crippen molar-refractivity contribution in [1.29, 1.82) is 5.26 Å². The summed E-state index contributed by atoms with van der Waals surface area (Å²) in [5.74, 6) is -0.926. The van der Waals surface area contributed by atoms with Crippen molar-refractivity contribution >= 4 is 5.97 Å². The average molecular weight is 240 g/mol. The Kier molecular flexibility index (Phi) is 3.16. The fraction of sp³-hybridized carbons (Fsp3) is 0.143. The molecule has 4 heteroatoms. The van der Waals surface area contributed by atoms with Gasteiger partial charge in [-0.05, 0) is 36.2 Å². The maximum absolute atomic E-state index is 10.8. The van der Waals surface area contributed by atoms with Gasteiger partial charge in [-0.1, -0.05) is 6.07 Å². The first kappa shape index (κ1) is 11.9. The normalized spacial score (nSPS) is 10.0. The molecule has 0 spiro atoms. The number of carboxylic acid groups (broad SMARTS) is 1. The Balaban J connectivity index is 2.23. The van der Waals surface area contributed by atoms with Gasteiger partial charge in [-0.25, -0.2) is 4.79 Å². The number of nitrogens with zero attached hydrogens (tertiary/aromatic N) is 2. The largest absolute Gasteiger partial charge is 0.478 e. The van der Waals surface area contributed by atoms with Gasteiger partial charge in [0.1, 0.15) is 0 Å². The molecular weight excluding hydrogens is 228 g/mol. The van der Waals surface area contributed by atoms with Gasteiger partial charge in [0.25, 0.3) is 0 Å². The van der Waals surface area contributed by atoms with E-state index in [9.17, 15) is 4.79 Å². The van der Waals surface area contributed by atoms with Gasteiger partial charge in [-0.2, -0.15) is 5.26 Å². The number of rotatable bonds is 3. The molecule has 0 fully saturated rings. The van der Waals surface area contributed by atoms with Gasteiger partial charge in [0, 0.05) is 18.9 Å². The molecule has 0 aliphatic heterocycles. The second-order valence-electron chi connectivity index (χ2n) is 4.13. The van der Waals surface area contributed by atoms with Crippen LogP contribution in [0.4, 0.5) is 0 Å². The zero-order valence-corrected chi connectivity index (χ0v) is 9.92. The molecule has 0 saturated carbocycles. The highest BCUT2D eigenvalue weighted by Crippen LogP contribution is 2.13. The topological polar surface area (TPSA) is 66.0 Å². The average Bonchev–Trinajstić information content (AvgIpc) is 2.80. The Morgan fingerprint density at radius 3 is 2.78 bits per heavy atom. The number of carboxylic acids is 1. The summed E-state index contributed by atoms with van der Waals surface area (Å²) >= 11 is 0. The van der Waals surface area contributed by atoms with E-state index in [1.807, 2.05) is 23.6 Å². The Morgan fingerprint density at radius 2 is 2.22 bits per heavy atom. The minimum atomic E-state index is -0.926. The number of hydrogen-bond acceptors (Lipinski definition) is 2. The van der Waals surface area contributed by atoms with E-state index in [0.29, 0.717) is 12.1 Å². The molecule has 4 nitrogen and oxygen atoms in total. The molecule has 18 heavy (non-hydrogen) atoms. The molecule has 1 N–H and O–H groups in total. The number of aromatic carboxylic acids is 1. The van der Waals surface area contributed by atoms with Crippen LogP contribution in [-0.4, -0.2) is 15.6 Å². The third kappa shape index (κ3) is 2.41. The van der Waals surface area contributed by atoms with Gasteiger partial charge in [0.2, 0.25) is 0 Å². The smallest absolute Gasteiger partial charge is 0.337 e. The molecule has 2 rings (SSSR count). The van der Waals surface area contributed by atoms with Crippen LogP contribution in [0, 0.1) is 18.3 Å². The van der Waals surface area contributed by atoms with E-state index in [2.05, 4.69) is 6.07 Å². The predicted octanol–water partition coefficient (Wildman–Crippen LogP) is 2.41. The van der Waals surface area contributed by atoms with Crippen LogP contribution in [0.15, 0.2) is 36.7 Å². The fourth-order valence-electron chi connectivity index (χ4n) is 1.81. The first-order valence-electron chi connectivity index (χ1n) is 5.49. The summed E-state index contributed by atoms with van der Waals surface area (Å²) in [5.41, 5.74) is 3.01. The minimum absolute atomic E-state index is 0.279. The second kappa shape index (κ2) is 4.76. The van der Waals surface area contributed by atoms with Crippen molar-refractivity contribution in [2.75, 3.05) is 0 Å². The van der Waals surface area contributed by atoms with Crippen molar-refractivity contribution in [3.8, 4) is 6.07 Å². The van der Waals surface area contributed by atoms with E-state index < -0.39 is 5.97 Å². The van der Waals surface area contributed by atoms with Crippen LogP contribution in [0.5, 0.6) is 0 Å². The summed E-state index contributed by atoms with van der Waals surface area (Å²) < 4.78 is 1.82. The first-order chi connectivity index (χ1) is 8.60. The number of aromatic nitrogens is 1. The number of nitriles is 1. The van der Waals surface area contributed by atoms with E-state index in [1.165, 1.54) is 0 Å². The molecule has 2 aromatic rings. The molecule has 0 aliphatic rings. The lowest BCUT2D eigenvalue weighted by Crippen LogP contribution is -2.00. The lowest BCUT2D eigenvalue weighted by molar-refractivity contribution is 0.0697. The van der Waals surface area contributed by atoms with Gasteiger partial charge in [0.15, 0.2) is 0 Å². The van der Waals surface area contributed by atoms with Gasteiger partial charge in [-0.15, -0.1) is 0 Å². The van der Waals surface area contributed by atoms with E-state index in [-0.39, 0.29) is 5.56 Å². The fourth-order valence-corrected chi connectivity index (χ4v) is 1.81. The van der Waals surface area contributed by atoms with Crippen LogP contribution >= 0.6 is 0 Å². The molecule has 0 saturated heterocycles. The highest BCUT2D eigenvalue weighted by Gasteiger charge is 2.06. The van der Waals surface area contributed by atoms with E-state index in [0.717, 1.165) is 11.1 Å². The summed E-state index contributed by atoms with van der Waals surface area (Å²) in [6, 6.07) is 9.16. The van der Waals surface area contributed by atoms with Crippen molar-refractivity contribution in [3.05, 3.63) is 58.9 Å². The van der Waals surface area contributed by atoms with Crippen molar-refractivity contribution in [3.63, 3.8) is 0 Å². The van der Waals surface area contributed by atoms with Crippen molar-refractivity contribution < 1.29 is 9.90 Å². The Bertz CT molecular complexity index is 635. The highest BCUT2D eigenvalue weighted by atomic mass is 16.4. The molecule has 1 aromatic carbocycles. The van der Waals surface area contributed by atoms with Crippen molar-refractivity contribution in [1.82, 2.24) is 4.57 Å². The number of carbonyl (C=O) groups is 1. The lowest BCUT2D eigenvalue weighted by Gasteiger charge is -2.07. The van der Waals surface area contributed by atoms with Crippen molar-refractivity contribution in [2.45, 2.75) is 13.5 Å². The molecule has 1 heterocycles. The molecule has 0 aliphatic carbocycles. The lowest BCUT2D eigenvalue weighted by atomic mass is 10.1. The molecule has 0 radical (unpaired) electrons. The third-order valence-electron chi connectivity index (χ3n) is 2.82. The summed E-state index contributed by atoms with van der Waals surface area (Å²) in [6.45, 7) is 2.54. The van der Waals surface area contributed by atoms with Crippen LogP contribution in [0.25, 0.3) is 0 Å². The maximum atomic E-state index is 10.8. The zero-order valence-electron chi connectivity index (χ0n) is 9.92. The number of benzene rings is 1. The summed E-state index contributed by atoms with van der Waals surface area (Å²) in [7, 11) is 0. The maximum Gasteiger partial charge on any atom is 0.337 e. The van der Waals surface area contributed by atoms with E-state index >= 15 is 0 Å². The van der Waals surface area contributed by atoms with Gasteiger partial charge >= 0.3 is 5.97 Å². The Hall–Kier alpha value is -2.54. The van der Waals surface area contributed by atoms with Crippen LogP contribution in [0.3, 0.4) is 0 Å². The van der Waals surface area contributed by atoms with E-state index in [4.69, 9.17) is 10.4 Å². The SMILES string of the molecule is Cc1cc(C#N)ccc1Cn1ccc(C(=O)O)c1. The van der Waals surface area contributed by atoms with Crippen LogP contribution in [0.1, 0.15) is 27.0 Å². The summed E-state index contributed by atoms with van der Waals surface area (Å²) in [4.78, 5) is 10.8. The Labute approximate surface area is 105 Å². The molecular formula is C14H12N2O2. The van der Waals surface area contributed by atoms with Gasteiger partial charge in [-0.3, -0.25) is 0 Å². The van der Waals surface area contributed by atoms with Crippen molar-refractivity contribution in [2.24, 2.45) is 0 Å². The third-order valence-corrected chi connectivity index (χ3v) is 2.82. The first-order valence-corrected chi connectivity index (χ1v) is 5.49. The second-order valence-corrected chi connectivity index (χ2v) is 4.13. The van der Waals surface area contributed by atoms with E-state index in [1.54, 1.807) is 24.5 Å². The Morgan fingerprint density at radius 1 is 1.44 bits per heavy atom. The van der Waals surface area contributed by atoms with Gasteiger partial charge in [0.05, 0.1) is 17.2 Å². The van der Waals surface area contributed by atoms with Gasteiger partial charge < -0.3 is 9.67 Å². The molecule has 0 amide bonds. The molecule has 0 unspecified atom stereocenters. The monoisotopic (exact) mass is 240 g/mol. The zero-order chi connectivity index (χ0) is 13.1. The molecule has 1 aromatic heterocycles. The summed E-state index contributed by atoms with van der Waals surface area (Å²) in [6.07, 6.45) is 3.33. The number of hydrogen-bond donors (Lipinski definition) is 1.